The van der Waals surface area contributed by atoms with Crippen LogP contribution in [0.2, 0.25) is 5.02 Å². The number of thiazole rings is 1. The van der Waals surface area contributed by atoms with E-state index < -0.39 is 12.0 Å². The van der Waals surface area contributed by atoms with E-state index in [0.29, 0.717) is 38.0 Å². The summed E-state index contributed by atoms with van der Waals surface area (Å²) in [5.41, 5.74) is 3.95. The van der Waals surface area contributed by atoms with Crippen molar-refractivity contribution in [3.63, 3.8) is 0 Å². The van der Waals surface area contributed by atoms with Gasteiger partial charge < -0.3 is 9.47 Å². The Bertz CT molecular complexity index is 2040. The Kier molecular flexibility index (Phi) is 8.93. The van der Waals surface area contributed by atoms with Gasteiger partial charge in [-0.3, -0.25) is 9.36 Å². The Labute approximate surface area is 271 Å². The highest BCUT2D eigenvalue weighted by Crippen LogP contribution is 2.35. The number of carbonyl (C=O) groups is 1. The van der Waals surface area contributed by atoms with Gasteiger partial charge in [0.2, 0.25) is 0 Å². The molecule has 220 valence electrons. The van der Waals surface area contributed by atoms with Crippen molar-refractivity contribution in [1.82, 2.24) is 4.57 Å². The lowest BCUT2D eigenvalue weighted by atomic mass is 9.93. The summed E-state index contributed by atoms with van der Waals surface area (Å²) < 4.78 is 14.4. The quantitative estimate of drug-likeness (QED) is 0.166. The highest BCUT2D eigenvalue weighted by atomic mass is 79.9. The van der Waals surface area contributed by atoms with Crippen molar-refractivity contribution in [1.29, 1.82) is 0 Å². The molecule has 0 bridgehead atoms. The molecule has 9 heteroatoms. The van der Waals surface area contributed by atoms with Gasteiger partial charge in [0, 0.05) is 10.6 Å². The maximum Gasteiger partial charge on any atom is 0.338 e. The number of ether oxygens (including phenoxy) is 2. The molecule has 4 aromatic carbocycles. The minimum Gasteiger partial charge on any atom is -0.488 e. The number of benzene rings is 4. The number of hydrogen-bond donors (Lipinski definition) is 0. The van der Waals surface area contributed by atoms with E-state index in [4.69, 9.17) is 26.1 Å². The Morgan fingerprint density at radius 1 is 1.00 bits per heavy atom. The fourth-order valence-corrected chi connectivity index (χ4v) is 6.65. The monoisotopic (exact) mass is 684 g/mol. The van der Waals surface area contributed by atoms with Crippen molar-refractivity contribution in [2.45, 2.75) is 19.6 Å². The van der Waals surface area contributed by atoms with Crippen molar-refractivity contribution in [2.75, 3.05) is 6.61 Å². The van der Waals surface area contributed by atoms with Gasteiger partial charge in [-0.25, -0.2) is 9.79 Å². The number of esters is 1. The molecule has 0 radical (unpaired) electrons. The van der Waals surface area contributed by atoms with E-state index in [1.807, 2.05) is 109 Å². The molecular formula is C35H26BrClN2O4S. The topological polar surface area (TPSA) is 69.9 Å². The molecular weight excluding hydrogens is 660 g/mol. The minimum atomic E-state index is -0.709. The summed E-state index contributed by atoms with van der Waals surface area (Å²) in [5.74, 6) is 0.172. The van der Waals surface area contributed by atoms with Crippen molar-refractivity contribution in [2.24, 2.45) is 4.99 Å². The lowest BCUT2D eigenvalue weighted by Crippen LogP contribution is -2.39. The Morgan fingerprint density at radius 2 is 1.70 bits per heavy atom. The molecule has 0 saturated heterocycles. The van der Waals surface area contributed by atoms with E-state index in [-0.39, 0.29) is 12.2 Å². The van der Waals surface area contributed by atoms with Crippen LogP contribution in [0.5, 0.6) is 5.75 Å². The van der Waals surface area contributed by atoms with E-state index >= 15 is 0 Å². The van der Waals surface area contributed by atoms with Gasteiger partial charge in [0.25, 0.3) is 5.56 Å². The normalized spacial score (nSPS) is 14.6. The summed E-state index contributed by atoms with van der Waals surface area (Å²) in [6.45, 7) is 2.35. The van der Waals surface area contributed by atoms with Gasteiger partial charge in [0.05, 0.1) is 32.9 Å². The van der Waals surface area contributed by atoms with E-state index in [0.717, 1.165) is 26.7 Å². The zero-order chi connectivity index (χ0) is 30.6. The fraction of sp³-hybridized carbons (Fsp3) is 0.114. The summed E-state index contributed by atoms with van der Waals surface area (Å²) in [5, 5.41) is 0.674. The van der Waals surface area contributed by atoms with Crippen LogP contribution in [-0.4, -0.2) is 17.1 Å². The summed E-state index contributed by atoms with van der Waals surface area (Å²) in [6, 6.07) is 31.5. The number of aromatic nitrogens is 1. The maximum atomic E-state index is 14.1. The van der Waals surface area contributed by atoms with E-state index in [1.165, 1.54) is 11.3 Å². The fourth-order valence-electron chi connectivity index (χ4n) is 5.01. The summed E-state index contributed by atoms with van der Waals surface area (Å²) in [6.07, 6.45) is 1.83. The largest absolute Gasteiger partial charge is 0.488 e. The van der Waals surface area contributed by atoms with Crippen LogP contribution in [0.1, 0.15) is 35.2 Å². The zero-order valence-electron chi connectivity index (χ0n) is 23.6. The second-order valence-electron chi connectivity index (χ2n) is 9.95. The van der Waals surface area contributed by atoms with E-state index in [9.17, 15) is 9.59 Å². The predicted molar refractivity (Wildman–Crippen MR) is 177 cm³/mol. The van der Waals surface area contributed by atoms with E-state index in [2.05, 4.69) is 15.9 Å². The summed E-state index contributed by atoms with van der Waals surface area (Å²) in [7, 11) is 0. The number of carbonyl (C=O) groups excluding carboxylic acids is 1. The summed E-state index contributed by atoms with van der Waals surface area (Å²) >= 11 is 10.9. The molecule has 6 nitrogen and oxygen atoms in total. The summed E-state index contributed by atoms with van der Waals surface area (Å²) in [4.78, 5) is 33.0. The molecule has 0 spiro atoms. The lowest BCUT2D eigenvalue weighted by molar-refractivity contribution is -0.138. The molecule has 1 aromatic heterocycles. The first kappa shape index (κ1) is 29.8. The Balaban J connectivity index is 1.44. The number of hydrogen-bond acceptors (Lipinski definition) is 6. The Hall–Kier alpha value is -4.24. The van der Waals surface area contributed by atoms with Crippen LogP contribution in [0.4, 0.5) is 0 Å². The van der Waals surface area contributed by atoms with Gasteiger partial charge in [0.15, 0.2) is 4.80 Å². The van der Waals surface area contributed by atoms with Crippen molar-refractivity contribution >= 4 is 56.6 Å². The predicted octanol–water partition coefficient (Wildman–Crippen LogP) is 6.93. The van der Waals surface area contributed by atoms with Gasteiger partial charge in [0.1, 0.15) is 12.4 Å². The van der Waals surface area contributed by atoms with Crippen LogP contribution < -0.4 is 19.6 Å². The van der Waals surface area contributed by atoms with Gasteiger partial charge in [-0.15, -0.1) is 0 Å². The van der Waals surface area contributed by atoms with Crippen LogP contribution in [0, 0.1) is 0 Å². The molecule has 44 heavy (non-hydrogen) atoms. The molecule has 1 aliphatic rings. The van der Waals surface area contributed by atoms with Crippen molar-refractivity contribution in [3.8, 4) is 5.75 Å². The Morgan fingerprint density at radius 3 is 2.39 bits per heavy atom. The third-order valence-electron chi connectivity index (χ3n) is 7.05. The van der Waals surface area contributed by atoms with Crippen molar-refractivity contribution in [3.05, 3.63) is 160 Å². The molecule has 0 saturated carbocycles. The average Bonchev–Trinajstić information content (AvgIpc) is 3.35. The molecule has 5 aromatic rings. The first-order valence-electron chi connectivity index (χ1n) is 13.9. The molecule has 0 fully saturated rings. The second-order valence-corrected chi connectivity index (χ2v) is 12.2. The number of fused-ring (bicyclic) bond motifs is 1. The first-order valence-corrected chi connectivity index (χ1v) is 15.9. The van der Waals surface area contributed by atoms with Gasteiger partial charge >= 0.3 is 5.97 Å². The SMILES string of the molecule is CCOC(=O)C1=C(c2ccccc2)N=c2s/c(=C\c3ccc(OCc4ccc(Cl)cc4)c(Br)c3)c(=O)n2[C@@H]1c1ccccc1. The molecule has 1 atom stereocenters. The van der Waals surface area contributed by atoms with E-state index in [1.54, 1.807) is 11.5 Å². The molecule has 0 aliphatic carbocycles. The highest BCUT2D eigenvalue weighted by Gasteiger charge is 2.35. The van der Waals surface area contributed by atoms with Crippen LogP contribution in [0.15, 0.2) is 123 Å². The third-order valence-corrected chi connectivity index (χ3v) is 8.90. The molecule has 6 rings (SSSR count). The van der Waals surface area contributed by atoms with Crippen LogP contribution >= 0.6 is 38.9 Å². The smallest absolute Gasteiger partial charge is 0.338 e. The van der Waals surface area contributed by atoms with Gasteiger partial charge in [-0.1, -0.05) is 102 Å². The molecule has 2 heterocycles. The second kappa shape index (κ2) is 13.2. The first-order chi connectivity index (χ1) is 21.4. The van der Waals surface area contributed by atoms with Crippen LogP contribution in [0.25, 0.3) is 11.8 Å². The van der Waals surface area contributed by atoms with Crippen molar-refractivity contribution < 1.29 is 14.3 Å². The lowest BCUT2D eigenvalue weighted by Gasteiger charge is -2.25. The number of rotatable bonds is 8. The highest BCUT2D eigenvalue weighted by molar-refractivity contribution is 9.10. The number of nitrogens with zero attached hydrogens (tertiary/aromatic N) is 2. The average molecular weight is 686 g/mol. The third kappa shape index (κ3) is 6.19. The van der Waals surface area contributed by atoms with Crippen LogP contribution in [-0.2, 0) is 16.1 Å². The minimum absolute atomic E-state index is 0.199. The molecule has 1 aliphatic heterocycles. The van der Waals surface area contributed by atoms with Gasteiger partial charge in [-0.05, 0) is 69.9 Å². The molecule has 0 amide bonds. The maximum absolute atomic E-state index is 14.1. The standard InChI is InChI=1S/C35H26BrClN2O4S/c1-2-42-34(41)30-31(24-9-5-3-6-10-24)38-35-39(32(30)25-11-7-4-8-12-25)33(40)29(44-35)20-23-15-18-28(27(36)19-23)43-21-22-13-16-26(37)17-14-22/h3-20,32H,2,21H2,1H3/b29-20-/t32-/m1/s1. The number of halogens is 2. The zero-order valence-corrected chi connectivity index (χ0v) is 26.7. The van der Waals surface area contributed by atoms with Gasteiger partial charge in [-0.2, -0.15) is 0 Å². The molecule has 0 N–H and O–H groups in total. The van der Waals surface area contributed by atoms with Crippen LogP contribution in [0.3, 0.4) is 0 Å². The molecule has 0 unspecified atom stereocenters.